The Morgan fingerprint density at radius 1 is 1.20 bits per heavy atom. The Kier molecular flexibility index (Phi) is 17.6. The summed E-state index contributed by atoms with van der Waals surface area (Å²) in [6, 6.07) is 2.98. The van der Waals surface area contributed by atoms with Gasteiger partial charge in [-0.3, -0.25) is 19.4 Å². The molecule has 0 spiro atoms. The van der Waals surface area contributed by atoms with E-state index in [1.54, 1.807) is 16.2 Å². The van der Waals surface area contributed by atoms with E-state index in [-0.39, 0.29) is 36.0 Å². The Morgan fingerprint density at radius 3 is 2.38 bits per heavy atom. The van der Waals surface area contributed by atoms with E-state index in [4.69, 9.17) is 21.1 Å². The van der Waals surface area contributed by atoms with Gasteiger partial charge in [0, 0.05) is 51.5 Å². The van der Waals surface area contributed by atoms with Crippen molar-refractivity contribution in [1.82, 2.24) is 35.6 Å². The van der Waals surface area contributed by atoms with Crippen LogP contribution >= 0.6 is 11.6 Å². The topological polar surface area (TPSA) is 151 Å². The van der Waals surface area contributed by atoms with Crippen molar-refractivity contribution in [2.75, 3.05) is 66.2 Å². The summed E-state index contributed by atoms with van der Waals surface area (Å²) in [5.74, 6) is -0.572. The number of carbonyl (C=O) groups excluding carboxylic acids is 3. The van der Waals surface area contributed by atoms with E-state index in [0.29, 0.717) is 70.4 Å². The summed E-state index contributed by atoms with van der Waals surface area (Å²) in [5, 5.41) is 10.8. The number of hydrazine groups is 1. The van der Waals surface area contributed by atoms with Crippen LogP contribution in [0.25, 0.3) is 0 Å². The van der Waals surface area contributed by atoms with Crippen LogP contribution in [0.5, 0.6) is 0 Å². The Labute approximate surface area is 296 Å². The third-order valence-electron chi connectivity index (χ3n) is 7.62. The summed E-state index contributed by atoms with van der Waals surface area (Å²) in [5.41, 5.74) is 12.0. The first-order valence-corrected chi connectivity index (χ1v) is 16.6. The molecule has 50 heavy (non-hydrogen) atoms. The second kappa shape index (κ2) is 21.0. The molecule has 3 heterocycles. The summed E-state index contributed by atoms with van der Waals surface area (Å²) < 4.78 is 44.9. The van der Waals surface area contributed by atoms with Crippen LogP contribution < -0.4 is 16.6 Å². The summed E-state index contributed by atoms with van der Waals surface area (Å²) in [4.78, 5) is 41.2. The predicted molar refractivity (Wildman–Crippen MR) is 186 cm³/mol. The molecule has 3 aliphatic rings. The number of halogens is 4. The van der Waals surface area contributed by atoms with Gasteiger partial charge in [-0.05, 0) is 30.5 Å². The lowest BCUT2D eigenvalue weighted by Gasteiger charge is -2.38. The molecule has 0 bridgehead atoms. The molecule has 1 fully saturated rings. The number of nitrogens with one attached hydrogen (secondary N) is 2. The molecule has 0 unspecified atom stereocenters. The first-order chi connectivity index (χ1) is 23.9. The summed E-state index contributed by atoms with van der Waals surface area (Å²) in [7, 11) is 1.87. The van der Waals surface area contributed by atoms with Gasteiger partial charge >= 0.3 is 6.18 Å². The molecule has 4 rings (SSSR count). The van der Waals surface area contributed by atoms with E-state index >= 15 is 0 Å². The number of hydrogen-bond acceptors (Lipinski definition) is 11. The minimum atomic E-state index is -4.55. The first-order valence-electron chi connectivity index (χ1n) is 16.2. The Morgan fingerprint density at radius 2 is 1.86 bits per heavy atom. The second-order valence-corrected chi connectivity index (χ2v) is 11.4. The maximum atomic E-state index is 14.1. The smallest absolute Gasteiger partial charge is 0.377 e. The van der Waals surface area contributed by atoms with Crippen molar-refractivity contribution >= 4 is 42.9 Å². The Hall–Kier alpha value is -4.35. The number of piperazine rings is 1. The molecule has 0 atom stereocenters. The highest BCUT2D eigenvalue weighted by Gasteiger charge is 2.33. The molecule has 18 heteroatoms. The highest BCUT2D eigenvalue weighted by atomic mass is 35.5. The Balaban J connectivity index is 0.00000164. The number of hydrogen-bond donors (Lipinski definition) is 3. The molecule has 1 aromatic carbocycles. The van der Waals surface area contributed by atoms with Crippen molar-refractivity contribution in [1.29, 1.82) is 0 Å². The maximum absolute atomic E-state index is 14.1. The number of carbonyl (C=O) groups is 3. The number of allylic oxidation sites excluding steroid dienone is 1. The van der Waals surface area contributed by atoms with E-state index in [1.807, 2.05) is 43.7 Å². The molecule has 0 radical (unpaired) electrons. The number of hydrazone groups is 2. The highest BCUT2D eigenvalue weighted by molar-refractivity contribution is 6.31. The minimum Gasteiger partial charge on any atom is -0.377 e. The summed E-state index contributed by atoms with van der Waals surface area (Å²) in [6.45, 7) is 13.2. The van der Waals surface area contributed by atoms with Crippen LogP contribution in [0.2, 0.25) is 5.02 Å². The number of amides is 3. The van der Waals surface area contributed by atoms with Crippen LogP contribution in [0, 0.1) is 0 Å². The van der Waals surface area contributed by atoms with Crippen molar-refractivity contribution in [3.63, 3.8) is 0 Å². The van der Waals surface area contributed by atoms with Crippen molar-refractivity contribution in [2.24, 2.45) is 15.9 Å². The van der Waals surface area contributed by atoms with Crippen LogP contribution in [-0.4, -0.2) is 122 Å². The lowest BCUT2D eigenvalue weighted by atomic mass is 10.1. The fourth-order valence-electron chi connectivity index (χ4n) is 5.10. The number of ether oxygens (including phenoxy) is 1. The first kappa shape index (κ1) is 41.8. The average Bonchev–Trinajstić information content (AvgIpc) is 3.52. The lowest BCUT2D eigenvalue weighted by molar-refractivity contribution is -0.138. The quantitative estimate of drug-likeness (QED) is 0.0971. The normalized spacial score (nSPS) is 16.3. The van der Waals surface area contributed by atoms with E-state index in [0.717, 1.165) is 23.6 Å². The molecule has 1 saturated heterocycles. The predicted octanol–water partition coefficient (Wildman–Crippen LogP) is 2.79. The monoisotopic (exact) mass is 728 g/mol. The van der Waals surface area contributed by atoms with Gasteiger partial charge in [-0.15, -0.1) is 0 Å². The number of benzene rings is 1. The number of nitrogens with two attached hydrogens (primary N) is 1. The molecular formula is C32H48ClF3N10O4. The number of primary amides is 1. The number of rotatable bonds is 12. The van der Waals surface area contributed by atoms with Crippen LogP contribution in [0.3, 0.4) is 0 Å². The van der Waals surface area contributed by atoms with Gasteiger partial charge in [0.25, 0.3) is 5.91 Å². The molecule has 1 aromatic rings. The lowest BCUT2D eigenvalue weighted by Crippen LogP contribution is -2.52. The largest absolute Gasteiger partial charge is 0.416 e. The van der Waals surface area contributed by atoms with Gasteiger partial charge in [0.05, 0.1) is 31.0 Å². The summed E-state index contributed by atoms with van der Waals surface area (Å²) >= 11 is 6.20. The van der Waals surface area contributed by atoms with Crippen molar-refractivity contribution in [2.45, 2.75) is 46.3 Å². The maximum Gasteiger partial charge on any atom is 0.416 e. The van der Waals surface area contributed by atoms with Crippen LogP contribution in [0.4, 0.5) is 13.2 Å². The van der Waals surface area contributed by atoms with Gasteiger partial charge in [0.2, 0.25) is 12.3 Å². The van der Waals surface area contributed by atoms with Crippen molar-refractivity contribution in [3.05, 3.63) is 57.4 Å². The van der Waals surface area contributed by atoms with Crippen molar-refractivity contribution in [3.8, 4) is 0 Å². The zero-order valence-corrected chi connectivity index (χ0v) is 29.8. The second-order valence-electron chi connectivity index (χ2n) is 11.0. The number of alkyl halides is 3. The van der Waals surface area contributed by atoms with E-state index in [9.17, 15) is 22.8 Å². The van der Waals surface area contributed by atoms with Gasteiger partial charge in [0.15, 0.2) is 0 Å². The van der Waals surface area contributed by atoms with E-state index < -0.39 is 17.6 Å². The molecule has 0 saturated carbocycles. The SMILES string of the molecule is C=NN(Cc1ccc(C(F)(F)F)cc1Cl)C(=O)/C(=C(/CC)NNCC1=CCOCC1)N1CCN(C(=O)CN2CN(C)C=N2)CC1.CC.NC=O. The summed E-state index contributed by atoms with van der Waals surface area (Å²) in [6.07, 6.45) is 0.612. The van der Waals surface area contributed by atoms with E-state index in [1.165, 1.54) is 11.6 Å². The highest BCUT2D eigenvalue weighted by Crippen LogP contribution is 2.32. The molecule has 14 nitrogen and oxygen atoms in total. The van der Waals surface area contributed by atoms with Gasteiger partial charge in [-0.1, -0.05) is 50.1 Å². The van der Waals surface area contributed by atoms with Crippen LogP contribution in [0.15, 0.2) is 51.4 Å². The molecule has 278 valence electrons. The number of nitrogens with zero attached hydrogens (tertiary/aromatic N) is 7. The van der Waals surface area contributed by atoms with E-state index in [2.05, 4.69) is 33.5 Å². The fourth-order valence-corrected chi connectivity index (χ4v) is 5.34. The molecule has 0 aliphatic carbocycles. The molecule has 3 amide bonds. The average molecular weight is 729 g/mol. The zero-order valence-electron chi connectivity index (χ0n) is 29.0. The fraction of sp³-hybridized carbons (Fsp3) is 0.531. The van der Waals surface area contributed by atoms with Crippen molar-refractivity contribution < 1.29 is 32.3 Å². The standard InChI is InChI=1S/C29H39ClF3N9O3.C2H6.CH3NO/c1-4-25(37-35-16-21-7-13-45-14-8-21)27(40-11-9-39(10-12-40)26(43)18-41-20-38(3)19-36-41)28(44)42(34-2)17-22-5-6-23(15-24(22)30)29(31,32)33;1-2;2-1-3/h5-7,15,19,35,37H,2,4,8-14,16-18,20H2,1,3H3;1-2H3;1H,(H2,2,3)/b27-25+;;. The minimum absolute atomic E-state index is 0.0643. The van der Waals surface area contributed by atoms with Crippen LogP contribution in [-0.2, 0) is 31.8 Å². The van der Waals surface area contributed by atoms with Gasteiger partial charge in [0.1, 0.15) is 25.2 Å². The zero-order chi connectivity index (χ0) is 37.3. The van der Waals surface area contributed by atoms with Crippen LogP contribution in [0.1, 0.15) is 44.7 Å². The molecule has 0 aromatic heterocycles. The molecule has 4 N–H and O–H groups in total. The van der Waals surface area contributed by atoms with Gasteiger partial charge in [-0.2, -0.15) is 23.4 Å². The Bertz CT molecular complexity index is 1380. The van der Waals surface area contributed by atoms with Gasteiger partial charge < -0.3 is 30.6 Å². The molecule has 3 aliphatic heterocycles. The third-order valence-corrected chi connectivity index (χ3v) is 7.98. The third kappa shape index (κ3) is 12.5. The molecular weight excluding hydrogens is 681 g/mol. The van der Waals surface area contributed by atoms with Gasteiger partial charge in [-0.25, -0.2) is 10.4 Å².